The molecule has 0 aromatic carbocycles. The summed E-state index contributed by atoms with van der Waals surface area (Å²) in [6, 6.07) is 0.702. The van der Waals surface area contributed by atoms with E-state index in [-0.39, 0.29) is 24.0 Å². The molecule has 0 radical (unpaired) electrons. The van der Waals surface area contributed by atoms with Gasteiger partial charge < -0.3 is 10.2 Å². The molecule has 1 saturated carbocycles. The Labute approximate surface area is 159 Å². The van der Waals surface area contributed by atoms with Gasteiger partial charge in [-0.1, -0.05) is 26.2 Å². The highest BCUT2D eigenvalue weighted by molar-refractivity contribution is 14.0. The van der Waals surface area contributed by atoms with Crippen molar-refractivity contribution in [1.29, 1.82) is 0 Å². The van der Waals surface area contributed by atoms with Gasteiger partial charge in [0, 0.05) is 32.7 Å². The second-order valence-electron chi connectivity index (χ2n) is 7.58. The molecule has 3 fully saturated rings. The minimum absolute atomic E-state index is 0. The second-order valence-corrected chi connectivity index (χ2v) is 7.58. The van der Waals surface area contributed by atoms with Crippen LogP contribution in [0.1, 0.15) is 58.3 Å². The number of nitrogens with one attached hydrogen (secondary N) is 1. The van der Waals surface area contributed by atoms with Crippen molar-refractivity contribution in [1.82, 2.24) is 15.1 Å². The van der Waals surface area contributed by atoms with Gasteiger partial charge in [-0.05, 0) is 50.6 Å². The predicted molar refractivity (Wildman–Crippen MR) is 109 cm³/mol. The molecule has 1 N–H and O–H groups in total. The predicted octanol–water partition coefficient (Wildman–Crippen LogP) is 3.32. The topological polar surface area (TPSA) is 30.9 Å². The summed E-state index contributed by atoms with van der Waals surface area (Å²) in [5.74, 6) is 1.14. The van der Waals surface area contributed by atoms with Crippen LogP contribution in [0.4, 0.5) is 0 Å². The maximum atomic E-state index is 4.57. The van der Waals surface area contributed by atoms with Crippen LogP contribution >= 0.6 is 24.0 Å². The lowest BCUT2D eigenvalue weighted by Gasteiger charge is -2.34. The van der Waals surface area contributed by atoms with E-state index in [1.165, 1.54) is 77.5 Å². The molecule has 4 nitrogen and oxygen atoms in total. The van der Waals surface area contributed by atoms with E-state index < -0.39 is 0 Å². The summed E-state index contributed by atoms with van der Waals surface area (Å²) in [6.45, 7) is 8.22. The van der Waals surface area contributed by atoms with Gasteiger partial charge in [0.15, 0.2) is 5.96 Å². The van der Waals surface area contributed by atoms with Crippen LogP contribution in [-0.2, 0) is 0 Å². The normalized spacial score (nSPS) is 28.2. The molecule has 2 aliphatic heterocycles. The third-order valence-corrected chi connectivity index (χ3v) is 6.26. The first kappa shape index (κ1) is 19.3. The molecule has 0 aromatic rings. The highest BCUT2D eigenvalue weighted by atomic mass is 127. The number of likely N-dealkylation sites (N-methyl/N-ethyl adjacent to an activating group) is 1. The molecule has 134 valence electrons. The molecule has 3 rings (SSSR count). The van der Waals surface area contributed by atoms with Crippen LogP contribution in [0.3, 0.4) is 0 Å². The van der Waals surface area contributed by atoms with Crippen LogP contribution in [0.15, 0.2) is 4.99 Å². The van der Waals surface area contributed by atoms with Crippen LogP contribution in [-0.4, -0.2) is 61.6 Å². The van der Waals surface area contributed by atoms with Gasteiger partial charge in [-0.15, -0.1) is 24.0 Å². The number of likely N-dealkylation sites (tertiary alicyclic amines) is 2. The van der Waals surface area contributed by atoms with E-state index in [4.69, 9.17) is 0 Å². The molecule has 1 atom stereocenters. The Bertz CT molecular complexity index is 392. The van der Waals surface area contributed by atoms with Gasteiger partial charge in [-0.25, -0.2) is 0 Å². The van der Waals surface area contributed by atoms with Gasteiger partial charge in [0.2, 0.25) is 0 Å². The van der Waals surface area contributed by atoms with Gasteiger partial charge in [0.1, 0.15) is 0 Å². The Morgan fingerprint density at radius 2 is 1.91 bits per heavy atom. The van der Waals surface area contributed by atoms with Gasteiger partial charge in [-0.3, -0.25) is 9.89 Å². The summed E-state index contributed by atoms with van der Waals surface area (Å²) >= 11 is 0. The zero-order valence-electron chi connectivity index (χ0n) is 15.0. The molecule has 0 amide bonds. The molecule has 2 heterocycles. The first-order valence-corrected chi connectivity index (χ1v) is 9.46. The highest BCUT2D eigenvalue weighted by Gasteiger charge is 2.39. The number of nitrogens with zero attached hydrogens (tertiary/aromatic N) is 3. The molecule has 1 spiro atoms. The molecule has 1 aliphatic carbocycles. The molecule has 1 unspecified atom stereocenters. The monoisotopic (exact) mass is 434 g/mol. The maximum absolute atomic E-state index is 4.57. The number of halogens is 1. The van der Waals surface area contributed by atoms with Crippen molar-refractivity contribution >= 4 is 29.9 Å². The van der Waals surface area contributed by atoms with Crippen molar-refractivity contribution in [2.24, 2.45) is 10.4 Å². The van der Waals surface area contributed by atoms with Gasteiger partial charge in [0.25, 0.3) is 0 Å². The van der Waals surface area contributed by atoms with E-state index in [1.54, 1.807) is 0 Å². The van der Waals surface area contributed by atoms with Crippen molar-refractivity contribution in [2.45, 2.75) is 64.3 Å². The van der Waals surface area contributed by atoms with Gasteiger partial charge >= 0.3 is 0 Å². The van der Waals surface area contributed by atoms with E-state index >= 15 is 0 Å². The Morgan fingerprint density at radius 1 is 1.13 bits per heavy atom. The van der Waals surface area contributed by atoms with Gasteiger partial charge in [-0.2, -0.15) is 0 Å². The van der Waals surface area contributed by atoms with Crippen molar-refractivity contribution in [3.8, 4) is 0 Å². The molecule has 0 bridgehead atoms. The van der Waals surface area contributed by atoms with E-state index in [1.807, 2.05) is 7.05 Å². The minimum atomic E-state index is 0. The molecular weight excluding hydrogens is 399 g/mol. The number of hydrogen-bond acceptors (Lipinski definition) is 2. The molecular formula is C18H35IN4. The lowest BCUT2D eigenvalue weighted by molar-refractivity contribution is 0.203. The number of hydrogen-bond donors (Lipinski definition) is 1. The molecule has 2 saturated heterocycles. The van der Waals surface area contributed by atoms with Crippen molar-refractivity contribution < 1.29 is 0 Å². The fourth-order valence-electron chi connectivity index (χ4n) is 4.91. The van der Waals surface area contributed by atoms with E-state index in [0.29, 0.717) is 11.5 Å². The average Bonchev–Trinajstić information content (AvgIpc) is 3.16. The first-order valence-electron chi connectivity index (χ1n) is 9.46. The molecule has 5 heteroatoms. The molecule has 23 heavy (non-hydrogen) atoms. The third-order valence-electron chi connectivity index (χ3n) is 6.26. The smallest absolute Gasteiger partial charge is 0.193 e. The summed E-state index contributed by atoms with van der Waals surface area (Å²) < 4.78 is 0. The Kier molecular flexibility index (Phi) is 7.45. The van der Waals surface area contributed by atoms with Crippen LogP contribution in [0.25, 0.3) is 0 Å². The van der Waals surface area contributed by atoms with Crippen LogP contribution in [0.5, 0.6) is 0 Å². The van der Waals surface area contributed by atoms with E-state index in [9.17, 15) is 0 Å². The third kappa shape index (κ3) is 4.53. The standard InChI is InChI=1S/C18H34N4.HI/c1-3-21-12-7-8-16(21)14-20-17(19-2)22-13-11-18(15-22)9-5-4-6-10-18;/h16H,3-15H2,1-2H3,(H,19,20);1H. The second kappa shape index (κ2) is 8.88. The Hall–Kier alpha value is -0.0400. The van der Waals surface area contributed by atoms with Crippen LogP contribution in [0.2, 0.25) is 0 Å². The summed E-state index contributed by atoms with van der Waals surface area (Å²) in [5.41, 5.74) is 0.610. The zero-order valence-corrected chi connectivity index (χ0v) is 17.3. The lowest BCUT2D eigenvalue weighted by Crippen LogP contribution is -2.46. The van der Waals surface area contributed by atoms with Crippen molar-refractivity contribution in [3.63, 3.8) is 0 Å². The Balaban J connectivity index is 0.00000192. The number of aliphatic imine (C=N–C) groups is 1. The number of rotatable bonds is 3. The van der Waals surface area contributed by atoms with Crippen LogP contribution < -0.4 is 5.32 Å². The van der Waals surface area contributed by atoms with Gasteiger partial charge in [0.05, 0.1) is 0 Å². The van der Waals surface area contributed by atoms with E-state index in [0.717, 1.165) is 12.5 Å². The zero-order chi connectivity index (χ0) is 15.4. The molecule has 0 aromatic heterocycles. The summed E-state index contributed by atoms with van der Waals surface area (Å²) in [4.78, 5) is 9.70. The fraction of sp³-hybridized carbons (Fsp3) is 0.944. The van der Waals surface area contributed by atoms with Crippen LogP contribution in [0, 0.1) is 5.41 Å². The molecule has 3 aliphatic rings. The summed E-state index contributed by atoms with van der Waals surface area (Å²) in [6.07, 6.45) is 11.3. The largest absolute Gasteiger partial charge is 0.355 e. The highest BCUT2D eigenvalue weighted by Crippen LogP contribution is 2.43. The lowest BCUT2D eigenvalue weighted by atomic mass is 9.73. The van der Waals surface area contributed by atoms with E-state index in [2.05, 4.69) is 27.0 Å². The maximum Gasteiger partial charge on any atom is 0.193 e. The van der Waals surface area contributed by atoms with Crippen molar-refractivity contribution in [3.05, 3.63) is 0 Å². The number of guanidine groups is 1. The average molecular weight is 434 g/mol. The Morgan fingerprint density at radius 3 is 2.61 bits per heavy atom. The summed E-state index contributed by atoms with van der Waals surface area (Å²) in [5, 5.41) is 3.67. The SMILES string of the molecule is CCN1CCCC1CNC(=NC)N1CCC2(CCCCC2)C1.I. The quantitative estimate of drug-likeness (QED) is 0.420. The first-order chi connectivity index (χ1) is 10.8. The van der Waals surface area contributed by atoms with Crippen molar-refractivity contribution in [2.75, 3.05) is 39.8 Å². The minimum Gasteiger partial charge on any atom is -0.355 e. The fourth-order valence-corrected chi connectivity index (χ4v) is 4.91. The summed E-state index contributed by atoms with van der Waals surface area (Å²) in [7, 11) is 1.94.